The summed E-state index contributed by atoms with van der Waals surface area (Å²) in [5.41, 5.74) is 1.39. The first-order valence-electron chi connectivity index (χ1n) is 6.43. The van der Waals surface area contributed by atoms with E-state index >= 15 is 0 Å². The zero-order chi connectivity index (χ0) is 15.5. The van der Waals surface area contributed by atoms with Crippen molar-refractivity contribution in [2.45, 2.75) is 11.4 Å². The van der Waals surface area contributed by atoms with Gasteiger partial charge in [-0.15, -0.1) is 0 Å². The molecule has 0 atom stereocenters. The molecule has 0 saturated carbocycles. The smallest absolute Gasteiger partial charge is 0.263 e. The number of nitrogens with zero attached hydrogens (tertiary/aromatic N) is 1. The summed E-state index contributed by atoms with van der Waals surface area (Å²) in [4.78, 5) is 0.242. The molecular weight excluding hydrogens is 290 g/mol. The van der Waals surface area contributed by atoms with Crippen molar-refractivity contribution in [2.24, 2.45) is 7.05 Å². The van der Waals surface area contributed by atoms with Crippen LogP contribution < -0.4 is 14.8 Å². The average Bonchev–Trinajstić information content (AvgIpc) is 2.82. The molecule has 21 heavy (non-hydrogen) atoms. The molecule has 0 fully saturated rings. The Morgan fingerprint density at radius 3 is 2.48 bits per heavy atom. The van der Waals surface area contributed by atoms with Crippen molar-refractivity contribution in [2.75, 3.05) is 18.9 Å². The molecular formula is C14H19N3O3S. The normalized spacial score (nSPS) is 11.4. The Kier molecular flexibility index (Phi) is 4.54. The van der Waals surface area contributed by atoms with E-state index in [0.29, 0.717) is 18.0 Å². The van der Waals surface area contributed by atoms with E-state index < -0.39 is 10.0 Å². The molecule has 0 aliphatic rings. The Bertz CT molecular complexity index is 706. The molecule has 0 aliphatic heterocycles. The Morgan fingerprint density at radius 1 is 1.24 bits per heavy atom. The highest BCUT2D eigenvalue weighted by atomic mass is 32.2. The number of anilines is 1. The van der Waals surface area contributed by atoms with Crippen LogP contribution in [0.2, 0.25) is 0 Å². The fourth-order valence-electron chi connectivity index (χ4n) is 1.95. The molecule has 0 bridgehead atoms. The van der Waals surface area contributed by atoms with E-state index in [9.17, 15) is 8.42 Å². The molecule has 7 heteroatoms. The lowest BCUT2D eigenvalue weighted by molar-refractivity contribution is 0.415. The van der Waals surface area contributed by atoms with E-state index in [1.807, 2.05) is 14.1 Å². The molecule has 1 aromatic heterocycles. The van der Waals surface area contributed by atoms with Gasteiger partial charge in [0.15, 0.2) is 0 Å². The van der Waals surface area contributed by atoms with Crippen LogP contribution >= 0.6 is 0 Å². The lowest BCUT2D eigenvalue weighted by Crippen LogP contribution is -2.12. The van der Waals surface area contributed by atoms with E-state index in [-0.39, 0.29) is 4.90 Å². The molecule has 0 unspecified atom stereocenters. The second-order valence-electron chi connectivity index (χ2n) is 4.64. The van der Waals surface area contributed by atoms with Gasteiger partial charge in [0.25, 0.3) is 10.0 Å². The number of rotatable bonds is 6. The highest BCUT2D eigenvalue weighted by molar-refractivity contribution is 7.92. The third kappa shape index (κ3) is 3.56. The standard InChI is InChI=1S/C14H19N3O3S/c1-15-9-12-8-14(10-17(12)2)21(18,19)16-11-4-6-13(20-3)7-5-11/h4-8,10,15-16H,9H2,1-3H3. The van der Waals surface area contributed by atoms with Crippen LogP contribution in [-0.4, -0.2) is 27.1 Å². The number of aryl methyl sites for hydroxylation is 1. The average molecular weight is 309 g/mol. The molecule has 0 aliphatic carbocycles. The van der Waals surface area contributed by atoms with Crippen LogP contribution in [0.5, 0.6) is 5.75 Å². The summed E-state index contributed by atoms with van der Waals surface area (Å²) in [6.07, 6.45) is 1.60. The van der Waals surface area contributed by atoms with Crippen LogP contribution in [0.1, 0.15) is 5.69 Å². The number of benzene rings is 1. The molecule has 6 nitrogen and oxygen atoms in total. The fourth-order valence-corrected chi connectivity index (χ4v) is 3.11. The van der Waals surface area contributed by atoms with Gasteiger partial charge in [-0.25, -0.2) is 8.42 Å². The second-order valence-corrected chi connectivity index (χ2v) is 6.32. The molecule has 0 radical (unpaired) electrons. The van der Waals surface area contributed by atoms with E-state index in [1.165, 1.54) is 0 Å². The molecule has 2 aromatic rings. The van der Waals surface area contributed by atoms with Gasteiger partial charge in [0, 0.05) is 31.2 Å². The lowest BCUT2D eigenvalue weighted by Gasteiger charge is -2.07. The Hall–Kier alpha value is -1.99. The van der Waals surface area contributed by atoms with Crippen molar-refractivity contribution >= 4 is 15.7 Å². The van der Waals surface area contributed by atoms with Gasteiger partial charge in [-0.2, -0.15) is 0 Å². The SMILES string of the molecule is CNCc1cc(S(=O)(=O)Nc2ccc(OC)cc2)cn1C. The largest absolute Gasteiger partial charge is 0.497 e. The minimum absolute atomic E-state index is 0.242. The number of ether oxygens (including phenoxy) is 1. The summed E-state index contributed by atoms with van der Waals surface area (Å²) >= 11 is 0. The lowest BCUT2D eigenvalue weighted by atomic mass is 10.3. The molecule has 0 spiro atoms. The summed E-state index contributed by atoms with van der Waals surface area (Å²) < 4.78 is 34.1. The third-order valence-corrected chi connectivity index (χ3v) is 4.44. The maximum Gasteiger partial charge on any atom is 0.263 e. The summed E-state index contributed by atoms with van der Waals surface area (Å²) in [5, 5.41) is 3.00. The molecule has 1 heterocycles. The summed E-state index contributed by atoms with van der Waals surface area (Å²) in [6, 6.07) is 8.38. The van der Waals surface area contributed by atoms with Crippen LogP contribution in [-0.2, 0) is 23.6 Å². The molecule has 2 rings (SSSR count). The van der Waals surface area contributed by atoms with Crippen molar-refractivity contribution in [3.05, 3.63) is 42.2 Å². The van der Waals surface area contributed by atoms with Crippen LogP contribution in [0, 0.1) is 0 Å². The fraction of sp³-hybridized carbons (Fsp3) is 0.286. The van der Waals surface area contributed by atoms with Crippen LogP contribution in [0.4, 0.5) is 5.69 Å². The molecule has 1 aromatic carbocycles. The molecule has 0 amide bonds. The highest BCUT2D eigenvalue weighted by Gasteiger charge is 2.17. The van der Waals surface area contributed by atoms with E-state index in [0.717, 1.165) is 5.69 Å². The van der Waals surface area contributed by atoms with Gasteiger partial charge >= 0.3 is 0 Å². The molecule has 2 N–H and O–H groups in total. The summed E-state index contributed by atoms with van der Waals surface area (Å²) in [7, 11) is 1.60. The topological polar surface area (TPSA) is 72.4 Å². The van der Waals surface area contributed by atoms with E-state index in [2.05, 4.69) is 10.0 Å². The number of methoxy groups -OCH3 is 1. The zero-order valence-electron chi connectivity index (χ0n) is 12.3. The first-order valence-corrected chi connectivity index (χ1v) is 7.91. The Morgan fingerprint density at radius 2 is 1.90 bits per heavy atom. The minimum Gasteiger partial charge on any atom is -0.497 e. The maximum atomic E-state index is 12.3. The van der Waals surface area contributed by atoms with Crippen molar-refractivity contribution in [3.63, 3.8) is 0 Å². The number of aromatic nitrogens is 1. The van der Waals surface area contributed by atoms with Crippen molar-refractivity contribution < 1.29 is 13.2 Å². The molecule has 114 valence electrons. The van der Waals surface area contributed by atoms with Gasteiger partial charge in [0.1, 0.15) is 10.6 Å². The van der Waals surface area contributed by atoms with Gasteiger partial charge in [0.05, 0.1) is 7.11 Å². The first-order chi connectivity index (χ1) is 9.96. The third-order valence-electron chi connectivity index (χ3n) is 3.09. The molecule has 0 saturated heterocycles. The van der Waals surface area contributed by atoms with Crippen LogP contribution in [0.15, 0.2) is 41.4 Å². The number of hydrogen-bond acceptors (Lipinski definition) is 4. The second kappa shape index (κ2) is 6.19. The number of nitrogens with one attached hydrogen (secondary N) is 2. The monoisotopic (exact) mass is 309 g/mol. The maximum absolute atomic E-state index is 12.3. The minimum atomic E-state index is -3.59. The van der Waals surface area contributed by atoms with Gasteiger partial charge in [-0.05, 0) is 37.4 Å². The van der Waals surface area contributed by atoms with Gasteiger partial charge < -0.3 is 14.6 Å². The Labute approximate surface area is 124 Å². The quantitative estimate of drug-likeness (QED) is 0.849. The predicted molar refractivity (Wildman–Crippen MR) is 82.0 cm³/mol. The Balaban J connectivity index is 2.22. The van der Waals surface area contributed by atoms with Crippen molar-refractivity contribution in [3.8, 4) is 5.75 Å². The van der Waals surface area contributed by atoms with Gasteiger partial charge in [-0.3, -0.25) is 4.72 Å². The zero-order valence-corrected chi connectivity index (χ0v) is 13.1. The van der Waals surface area contributed by atoms with Crippen LogP contribution in [0.25, 0.3) is 0 Å². The van der Waals surface area contributed by atoms with Gasteiger partial charge in [-0.1, -0.05) is 0 Å². The summed E-state index contributed by atoms with van der Waals surface area (Å²) in [5.74, 6) is 0.675. The van der Waals surface area contributed by atoms with Crippen molar-refractivity contribution in [1.82, 2.24) is 9.88 Å². The van der Waals surface area contributed by atoms with Crippen LogP contribution in [0.3, 0.4) is 0 Å². The van der Waals surface area contributed by atoms with E-state index in [4.69, 9.17) is 4.74 Å². The predicted octanol–water partition coefficient (Wildman–Crippen LogP) is 1.55. The van der Waals surface area contributed by atoms with E-state index in [1.54, 1.807) is 48.2 Å². The first kappa shape index (κ1) is 15.4. The number of hydrogen-bond donors (Lipinski definition) is 2. The van der Waals surface area contributed by atoms with Gasteiger partial charge in [0.2, 0.25) is 0 Å². The highest BCUT2D eigenvalue weighted by Crippen LogP contribution is 2.20. The summed E-state index contributed by atoms with van der Waals surface area (Å²) in [6.45, 7) is 0.606. The number of sulfonamides is 1. The van der Waals surface area contributed by atoms with Crippen molar-refractivity contribution in [1.29, 1.82) is 0 Å².